The number of ether oxygens (including phenoxy) is 1. The predicted molar refractivity (Wildman–Crippen MR) is 66.5 cm³/mol. The summed E-state index contributed by atoms with van der Waals surface area (Å²) in [4.78, 5) is 0. The highest BCUT2D eigenvalue weighted by atomic mass is 32.1. The Hall–Kier alpha value is -1.62. The molecule has 1 aliphatic rings. The quantitative estimate of drug-likeness (QED) is 0.845. The Morgan fingerprint density at radius 3 is 2.82 bits per heavy atom. The average Bonchev–Trinajstić information content (AvgIpc) is 3.12. The van der Waals surface area contributed by atoms with Gasteiger partial charge in [-0.2, -0.15) is 5.10 Å². The molecule has 0 spiro atoms. The molecule has 5 heteroatoms. The fraction of sp³-hybridized carbons (Fsp3) is 0.333. The van der Waals surface area contributed by atoms with Crippen molar-refractivity contribution in [3.05, 3.63) is 40.9 Å². The van der Waals surface area contributed by atoms with Crippen LogP contribution in [0.15, 0.2) is 30.3 Å². The molecule has 1 heterocycles. The third-order valence-electron chi connectivity index (χ3n) is 2.80. The SMILES string of the molecule is S=c1[nH]nc(COc2ccccc2)n1C1CC1. The lowest BCUT2D eigenvalue weighted by Crippen LogP contribution is -2.06. The summed E-state index contributed by atoms with van der Waals surface area (Å²) in [6, 6.07) is 10.3. The summed E-state index contributed by atoms with van der Waals surface area (Å²) >= 11 is 5.21. The number of hydrogen-bond donors (Lipinski definition) is 1. The maximum Gasteiger partial charge on any atom is 0.195 e. The fourth-order valence-corrected chi connectivity index (χ4v) is 2.11. The minimum atomic E-state index is 0.452. The first-order valence-corrected chi connectivity index (χ1v) is 6.09. The molecule has 2 aromatic rings. The number of aromatic amines is 1. The highest BCUT2D eigenvalue weighted by Crippen LogP contribution is 2.35. The van der Waals surface area contributed by atoms with Gasteiger partial charge in [-0.25, -0.2) is 0 Å². The lowest BCUT2D eigenvalue weighted by molar-refractivity contribution is 0.288. The maximum atomic E-state index is 5.67. The van der Waals surface area contributed by atoms with Gasteiger partial charge in [-0.05, 0) is 37.2 Å². The van der Waals surface area contributed by atoms with E-state index in [-0.39, 0.29) is 0 Å². The van der Waals surface area contributed by atoms with E-state index in [1.165, 1.54) is 12.8 Å². The fourth-order valence-electron chi connectivity index (χ4n) is 1.81. The highest BCUT2D eigenvalue weighted by Gasteiger charge is 2.27. The molecule has 0 unspecified atom stereocenters. The van der Waals surface area contributed by atoms with Gasteiger partial charge in [0.25, 0.3) is 0 Å². The van der Waals surface area contributed by atoms with E-state index in [1.54, 1.807) is 0 Å². The molecule has 1 aromatic heterocycles. The zero-order valence-corrected chi connectivity index (χ0v) is 10.1. The summed E-state index contributed by atoms with van der Waals surface area (Å²) in [6.45, 7) is 0.452. The van der Waals surface area contributed by atoms with Gasteiger partial charge in [0.05, 0.1) is 0 Å². The van der Waals surface area contributed by atoms with Crippen molar-refractivity contribution in [2.24, 2.45) is 0 Å². The van der Waals surface area contributed by atoms with Crippen molar-refractivity contribution < 1.29 is 4.74 Å². The Kier molecular flexibility index (Phi) is 2.68. The van der Waals surface area contributed by atoms with Gasteiger partial charge >= 0.3 is 0 Å². The number of hydrogen-bond acceptors (Lipinski definition) is 3. The lowest BCUT2D eigenvalue weighted by atomic mass is 10.3. The molecule has 3 rings (SSSR count). The molecule has 1 aliphatic carbocycles. The van der Waals surface area contributed by atoms with Gasteiger partial charge in [-0.3, -0.25) is 9.67 Å². The van der Waals surface area contributed by atoms with Gasteiger partial charge in [0, 0.05) is 6.04 Å². The largest absolute Gasteiger partial charge is 0.486 e. The van der Waals surface area contributed by atoms with Crippen LogP contribution in [0.4, 0.5) is 0 Å². The molecule has 1 fully saturated rings. The van der Waals surface area contributed by atoms with Crippen molar-refractivity contribution in [2.45, 2.75) is 25.5 Å². The number of nitrogens with zero attached hydrogens (tertiary/aromatic N) is 2. The number of nitrogens with one attached hydrogen (secondary N) is 1. The van der Waals surface area contributed by atoms with E-state index in [1.807, 2.05) is 30.3 Å². The molecule has 1 aromatic carbocycles. The molecule has 0 amide bonds. The van der Waals surface area contributed by atoms with E-state index in [4.69, 9.17) is 17.0 Å². The second-order valence-electron chi connectivity index (χ2n) is 4.15. The molecule has 1 saturated carbocycles. The van der Waals surface area contributed by atoms with E-state index < -0.39 is 0 Å². The van der Waals surface area contributed by atoms with Crippen molar-refractivity contribution >= 4 is 12.2 Å². The molecule has 0 atom stereocenters. The second kappa shape index (κ2) is 4.33. The summed E-state index contributed by atoms with van der Waals surface area (Å²) in [7, 11) is 0. The molecular weight excluding hydrogens is 234 g/mol. The van der Waals surface area contributed by atoms with Crippen LogP contribution in [0.1, 0.15) is 24.7 Å². The first-order chi connectivity index (χ1) is 8.34. The molecular formula is C12H13N3OS. The summed E-state index contributed by atoms with van der Waals surface area (Å²) in [5.74, 6) is 1.73. The Bertz CT molecular complexity index is 557. The van der Waals surface area contributed by atoms with Crippen molar-refractivity contribution in [3.8, 4) is 5.75 Å². The highest BCUT2D eigenvalue weighted by molar-refractivity contribution is 7.71. The van der Waals surface area contributed by atoms with Crippen LogP contribution in [0.25, 0.3) is 0 Å². The van der Waals surface area contributed by atoms with Crippen molar-refractivity contribution in [1.82, 2.24) is 14.8 Å². The van der Waals surface area contributed by atoms with Crippen molar-refractivity contribution in [2.75, 3.05) is 0 Å². The topological polar surface area (TPSA) is 42.8 Å². The molecule has 0 bridgehead atoms. The predicted octanol–water partition coefficient (Wildman–Crippen LogP) is 2.85. The lowest BCUT2D eigenvalue weighted by Gasteiger charge is -2.07. The Labute approximate surface area is 104 Å². The van der Waals surface area contributed by atoms with E-state index in [0.29, 0.717) is 17.4 Å². The maximum absolute atomic E-state index is 5.67. The zero-order valence-electron chi connectivity index (χ0n) is 9.30. The van der Waals surface area contributed by atoms with Crippen LogP contribution < -0.4 is 4.74 Å². The minimum absolute atomic E-state index is 0.452. The zero-order chi connectivity index (χ0) is 11.7. The average molecular weight is 247 g/mol. The molecule has 4 nitrogen and oxygen atoms in total. The normalized spacial score (nSPS) is 14.8. The van der Waals surface area contributed by atoms with Gasteiger partial charge in [-0.1, -0.05) is 18.2 Å². The van der Waals surface area contributed by atoms with Crippen molar-refractivity contribution in [3.63, 3.8) is 0 Å². The first-order valence-electron chi connectivity index (χ1n) is 5.68. The van der Waals surface area contributed by atoms with Crippen LogP contribution in [-0.4, -0.2) is 14.8 Å². The second-order valence-corrected chi connectivity index (χ2v) is 4.53. The Morgan fingerprint density at radius 2 is 2.12 bits per heavy atom. The summed E-state index contributed by atoms with van der Waals surface area (Å²) in [6.07, 6.45) is 2.37. The number of aromatic nitrogens is 3. The van der Waals surface area contributed by atoms with Crippen LogP contribution in [0.2, 0.25) is 0 Å². The summed E-state index contributed by atoms with van der Waals surface area (Å²) in [5.41, 5.74) is 0. The number of rotatable bonds is 4. The standard InChI is InChI=1S/C12H13N3OS/c17-12-14-13-11(15(12)9-6-7-9)8-16-10-4-2-1-3-5-10/h1-5,9H,6-8H2,(H,14,17). The van der Waals surface area contributed by atoms with Crippen LogP contribution in [0, 0.1) is 4.77 Å². The van der Waals surface area contributed by atoms with Gasteiger partial charge in [0.1, 0.15) is 12.4 Å². The van der Waals surface area contributed by atoms with Crippen LogP contribution in [0.5, 0.6) is 5.75 Å². The van der Waals surface area contributed by atoms with E-state index in [0.717, 1.165) is 11.6 Å². The summed E-state index contributed by atoms with van der Waals surface area (Å²) < 4.78 is 8.44. The molecule has 1 N–H and O–H groups in total. The smallest absolute Gasteiger partial charge is 0.195 e. The van der Waals surface area contributed by atoms with Crippen LogP contribution in [-0.2, 0) is 6.61 Å². The number of benzene rings is 1. The molecule has 88 valence electrons. The molecule has 17 heavy (non-hydrogen) atoms. The number of para-hydroxylation sites is 1. The van der Waals surface area contributed by atoms with Gasteiger partial charge in [0.2, 0.25) is 0 Å². The van der Waals surface area contributed by atoms with E-state index >= 15 is 0 Å². The summed E-state index contributed by atoms with van der Waals surface area (Å²) in [5, 5.41) is 7.04. The monoisotopic (exact) mass is 247 g/mol. The Morgan fingerprint density at radius 1 is 1.35 bits per heavy atom. The third-order valence-corrected chi connectivity index (χ3v) is 3.09. The van der Waals surface area contributed by atoms with E-state index in [9.17, 15) is 0 Å². The van der Waals surface area contributed by atoms with E-state index in [2.05, 4.69) is 14.8 Å². The molecule has 0 radical (unpaired) electrons. The molecule has 0 aliphatic heterocycles. The van der Waals surface area contributed by atoms with Gasteiger partial charge < -0.3 is 4.74 Å². The Balaban J connectivity index is 1.75. The van der Waals surface area contributed by atoms with Gasteiger partial charge in [-0.15, -0.1) is 0 Å². The third kappa shape index (κ3) is 2.24. The number of H-pyrrole nitrogens is 1. The van der Waals surface area contributed by atoms with Crippen molar-refractivity contribution in [1.29, 1.82) is 0 Å². The molecule has 0 saturated heterocycles. The van der Waals surface area contributed by atoms with Gasteiger partial charge in [0.15, 0.2) is 10.6 Å². The van der Waals surface area contributed by atoms with Crippen LogP contribution in [0.3, 0.4) is 0 Å². The van der Waals surface area contributed by atoms with Crippen LogP contribution >= 0.6 is 12.2 Å². The minimum Gasteiger partial charge on any atom is -0.486 e. The first kappa shape index (κ1) is 10.5.